The number of nitrogens with zero attached hydrogens (tertiary/aromatic N) is 2. The van der Waals surface area contributed by atoms with Crippen LogP contribution in [0, 0.1) is 0 Å². The molecular weight excluding hydrogens is 488 g/mol. The molecular formula is C29H18N2O7. The van der Waals surface area contributed by atoms with Crippen molar-refractivity contribution in [2.75, 3.05) is 0 Å². The van der Waals surface area contributed by atoms with Crippen molar-refractivity contribution in [3.05, 3.63) is 99.1 Å². The molecule has 3 heterocycles. The number of ether oxygens (including phenoxy) is 1. The van der Waals surface area contributed by atoms with Crippen molar-refractivity contribution >= 4 is 61.0 Å². The molecule has 9 nitrogen and oxygen atoms in total. The van der Waals surface area contributed by atoms with Crippen LogP contribution in [-0.4, -0.2) is 20.3 Å². The van der Waals surface area contributed by atoms with Crippen molar-refractivity contribution in [2.24, 2.45) is 7.05 Å². The summed E-state index contributed by atoms with van der Waals surface area (Å²) in [6.07, 6.45) is -1.29. The monoisotopic (exact) mass is 506 g/mol. The van der Waals surface area contributed by atoms with Crippen LogP contribution < -0.4 is 15.9 Å². The van der Waals surface area contributed by atoms with Crippen molar-refractivity contribution in [1.82, 2.24) is 9.13 Å². The van der Waals surface area contributed by atoms with Crippen molar-refractivity contribution in [3.63, 3.8) is 0 Å². The summed E-state index contributed by atoms with van der Waals surface area (Å²) >= 11 is 0. The predicted octanol–water partition coefficient (Wildman–Crippen LogP) is 5.60. The second-order valence-electron chi connectivity index (χ2n) is 9.02. The summed E-state index contributed by atoms with van der Waals surface area (Å²) in [6, 6.07) is 21.4. The summed E-state index contributed by atoms with van der Waals surface area (Å²) in [5.41, 5.74) is 1.04. The summed E-state index contributed by atoms with van der Waals surface area (Å²) in [4.78, 5) is 39.2. The first-order chi connectivity index (χ1) is 18.4. The lowest BCUT2D eigenvalue weighted by atomic mass is 10.1. The van der Waals surface area contributed by atoms with Gasteiger partial charge in [0.15, 0.2) is 22.3 Å². The van der Waals surface area contributed by atoms with Crippen LogP contribution in [0.15, 0.2) is 91.2 Å². The van der Waals surface area contributed by atoms with Crippen LogP contribution in [0.5, 0.6) is 5.75 Å². The third-order valence-electron chi connectivity index (χ3n) is 6.84. The van der Waals surface area contributed by atoms with Crippen molar-refractivity contribution in [1.29, 1.82) is 0 Å². The minimum atomic E-state index is -1.29. The first-order valence-electron chi connectivity index (χ1n) is 11.8. The summed E-state index contributed by atoms with van der Waals surface area (Å²) < 4.78 is 20.2. The van der Waals surface area contributed by atoms with Crippen molar-refractivity contribution in [2.45, 2.75) is 6.61 Å². The van der Waals surface area contributed by atoms with Crippen LogP contribution in [0.25, 0.3) is 54.9 Å². The van der Waals surface area contributed by atoms with Gasteiger partial charge in [0.2, 0.25) is 0 Å². The van der Waals surface area contributed by atoms with E-state index in [-0.39, 0.29) is 39.6 Å². The standard InChI is InChI=1S/C29H18N2O7/c1-30-27(32)22-21-17-12-11-16(36-14-15-7-3-2-4-8-15)13-18(17)31(29(34)35)24(21)26-25(23(22)28(30)33)37-19-9-5-6-10-20(19)38-26/h2-13H,14H2,1H3,(H,34,35). The van der Waals surface area contributed by atoms with E-state index in [1.165, 1.54) is 7.05 Å². The summed E-state index contributed by atoms with van der Waals surface area (Å²) in [5, 5.41) is 11.2. The van der Waals surface area contributed by atoms with Gasteiger partial charge in [0, 0.05) is 23.9 Å². The Balaban J connectivity index is 1.64. The highest BCUT2D eigenvalue weighted by molar-refractivity contribution is 6.31. The number of fused-ring (bicyclic) bond motifs is 9. The molecule has 1 N–H and O–H groups in total. The molecule has 0 spiro atoms. The molecule has 0 aliphatic carbocycles. The number of carbonyl (C=O) groups is 1. The third kappa shape index (κ3) is 2.95. The molecule has 38 heavy (non-hydrogen) atoms. The molecule has 7 aromatic rings. The molecule has 0 bridgehead atoms. The smallest absolute Gasteiger partial charge is 0.416 e. The highest BCUT2D eigenvalue weighted by Gasteiger charge is 2.28. The fraction of sp³-hybridized carbons (Fsp3) is 0.0690. The molecule has 3 aromatic heterocycles. The number of aromatic nitrogens is 2. The summed E-state index contributed by atoms with van der Waals surface area (Å²) in [5.74, 6) is 0.444. The van der Waals surface area contributed by atoms with E-state index in [0.29, 0.717) is 27.7 Å². The first kappa shape index (κ1) is 21.9. The van der Waals surface area contributed by atoms with Crippen LogP contribution >= 0.6 is 0 Å². The number of rotatable bonds is 3. The van der Waals surface area contributed by atoms with Gasteiger partial charge in [0.25, 0.3) is 11.1 Å². The lowest BCUT2D eigenvalue weighted by Gasteiger charge is -2.07. The first-order valence-corrected chi connectivity index (χ1v) is 11.8. The molecule has 0 radical (unpaired) electrons. The van der Waals surface area contributed by atoms with Gasteiger partial charge >= 0.3 is 6.09 Å². The van der Waals surface area contributed by atoms with E-state index in [9.17, 15) is 19.5 Å². The van der Waals surface area contributed by atoms with Crippen LogP contribution in [0.2, 0.25) is 0 Å². The van der Waals surface area contributed by atoms with E-state index >= 15 is 0 Å². The van der Waals surface area contributed by atoms with Gasteiger partial charge < -0.3 is 18.7 Å². The summed E-state index contributed by atoms with van der Waals surface area (Å²) in [7, 11) is 1.38. The highest BCUT2D eigenvalue weighted by Crippen LogP contribution is 2.41. The van der Waals surface area contributed by atoms with Crippen LogP contribution in [0.3, 0.4) is 0 Å². The Bertz CT molecular complexity index is 2220. The van der Waals surface area contributed by atoms with Gasteiger partial charge in [0.1, 0.15) is 23.3 Å². The van der Waals surface area contributed by atoms with E-state index in [0.717, 1.165) is 14.7 Å². The molecule has 0 unspecified atom stereocenters. The molecule has 0 amide bonds. The number of benzene rings is 4. The topological polar surface area (TPSA) is 117 Å². The van der Waals surface area contributed by atoms with Gasteiger partial charge in [0.05, 0.1) is 10.9 Å². The zero-order chi connectivity index (χ0) is 26.1. The maximum Gasteiger partial charge on any atom is 0.416 e. The van der Waals surface area contributed by atoms with Crippen LogP contribution in [-0.2, 0) is 13.7 Å². The molecule has 0 saturated heterocycles. The average Bonchev–Trinajstić information content (AvgIpc) is 3.39. The van der Waals surface area contributed by atoms with Gasteiger partial charge in [-0.1, -0.05) is 42.5 Å². The Morgan fingerprint density at radius 2 is 1.50 bits per heavy atom. The maximum absolute atomic E-state index is 13.3. The second kappa shape index (κ2) is 7.84. The largest absolute Gasteiger partial charge is 0.489 e. The number of carboxylic acid groups (broad SMARTS) is 1. The minimum Gasteiger partial charge on any atom is -0.489 e. The highest BCUT2D eigenvalue weighted by atomic mass is 16.5. The van der Waals surface area contributed by atoms with Gasteiger partial charge in [-0.15, -0.1) is 0 Å². The quantitative estimate of drug-likeness (QED) is 0.310. The fourth-order valence-electron chi connectivity index (χ4n) is 5.10. The molecule has 9 heteroatoms. The number of hydrogen-bond donors (Lipinski definition) is 1. The predicted molar refractivity (Wildman–Crippen MR) is 142 cm³/mol. The van der Waals surface area contributed by atoms with E-state index < -0.39 is 17.2 Å². The van der Waals surface area contributed by atoms with E-state index in [1.54, 1.807) is 42.5 Å². The molecule has 4 aromatic carbocycles. The lowest BCUT2D eigenvalue weighted by molar-refractivity contribution is 0.198. The van der Waals surface area contributed by atoms with Gasteiger partial charge in [-0.25, -0.2) is 9.36 Å². The Hall–Kier alpha value is -5.31. The molecule has 0 atom stereocenters. The minimum absolute atomic E-state index is 0.0137. The number of hydrogen-bond acceptors (Lipinski definition) is 6. The Labute approximate surface area is 212 Å². The summed E-state index contributed by atoms with van der Waals surface area (Å²) in [6.45, 7) is 0.288. The Morgan fingerprint density at radius 3 is 2.21 bits per heavy atom. The van der Waals surface area contributed by atoms with E-state index in [4.69, 9.17) is 13.6 Å². The van der Waals surface area contributed by atoms with Gasteiger partial charge in [-0.05, 0) is 29.8 Å². The molecule has 186 valence electrons. The molecule has 0 aliphatic rings. The SMILES string of the molecule is Cn1c(=O)c2c3oc4ccccc4oc3c3c(c4ccc(OCc5ccccc5)cc4n3C(=O)O)c2c1=O. The number of para-hydroxylation sites is 2. The fourth-order valence-corrected chi connectivity index (χ4v) is 5.10. The zero-order valence-electron chi connectivity index (χ0n) is 19.9. The lowest BCUT2D eigenvalue weighted by Crippen LogP contribution is -2.21. The zero-order valence-corrected chi connectivity index (χ0v) is 19.9. The van der Waals surface area contributed by atoms with Crippen molar-refractivity contribution in [3.8, 4) is 5.75 Å². The van der Waals surface area contributed by atoms with Crippen molar-refractivity contribution < 1.29 is 23.5 Å². The Morgan fingerprint density at radius 1 is 0.842 bits per heavy atom. The van der Waals surface area contributed by atoms with Crippen LogP contribution in [0.4, 0.5) is 4.79 Å². The average molecular weight is 506 g/mol. The van der Waals surface area contributed by atoms with Gasteiger partial charge in [-0.3, -0.25) is 14.2 Å². The van der Waals surface area contributed by atoms with E-state index in [1.807, 2.05) is 30.3 Å². The molecule has 0 fully saturated rings. The second-order valence-corrected chi connectivity index (χ2v) is 9.02. The van der Waals surface area contributed by atoms with E-state index in [2.05, 4.69) is 0 Å². The Kier molecular flexibility index (Phi) is 4.53. The third-order valence-corrected chi connectivity index (χ3v) is 6.84. The normalized spacial score (nSPS) is 11.8. The van der Waals surface area contributed by atoms with Crippen LogP contribution in [0.1, 0.15) is 5.56 Å². The maximum atomic E-state index is 13.3. The van der Waals surface area contributed by atoms with Gasteiger partial charge in [-0.2, -0.15) is 0 Å². The molecule has 0 saturated carbocycles. The molecule has 0 aliphatic heterocycles. The molecule has 7 rings (SSSR count).